The molecule has 29 heavy (non-hydrogen) atoms. The molecule has 5 nitrogen and oxygen atoms in total. The Balaban J connectivity index is 1.91. The molecule has 0 bridgehead atoms. The zero-order valence-electron chi connectivity index (χ0n) is 15.4. The SMILES string of the molecule is C=CCN(c1ccccc1)S(=O)(=O)c1cccc(C(=O)Oc2ccc(Cl)cc2)c1. The first kappa shape index (κ1) is 20.6. The van der Waals surface area contributed by atoms with Gasteiger partial charge in [0, 0.05) is 5.02 Å². The molecule has 0 saturated carbocycles. The number of rotatable bonds is 7. The highest BCUT2D eigenvalue weighted by Gasteiger charge is 2.25. The molecule has 0 amide bonds. The number of anilines is 1. The van der Waals surface area contributed by atoms with E-state index >= 15 is 0 Å². The van der Waals surface area contributed by atoms with Gasteiger partial charge < -0.3 is 4.74 Å². The van der Waals surface area contributed by atoms with Crippen LogP contribution in [-0.2, 0) is 10.0 Å². The van der Waals surface area contributed by atoms with Crippen LogP contribution in [0.1, 0.15) is 10.4 Å². The molecule has 0 heterocycles. The monoisotopic (exact) mass is 427 g/mol. The van der Waals surface area contributed by atoms with Gasteiger partial charge in [-0.25, -0.2) is 13.2 Å². The Kier molecular flexibility index (Phi) is 6.36. The van der Waals surface area contributed by atoms with Crippen LogP contribution in [0, 0.1) is 0 Å². The molecule has 0 N–H and O–H groups in total. The lowest BCUT2D eigenvalue weighted by atomic mass is 10.2. The van der Waals surface area contributed by atoms with Crippen LogP contribution in [0.15, 0.2) is 96.4 Å². The van der Waals surface area contributed by atoms with E-state index in [-0.39, 0.29) is 17.0 Å². The number of carbonyl (C=O) groups excluding carboxylic acids is 1. The molecule has 148 valence electrons. The van der Waals surface area contributed by atoms with Gasteiger partial charge in [0.25, 0.3) is 10.0 Å². The number of nitrogens with zero attached hydrogens (tertiary/aromatic N) is 1. The number of esters is 1. The van der Waals surface area contributed by atoms with Gasteiger partial charge in [0.2, 0.25) is 0 Å². The Morgan fingerprint density at radius 1 is 1.00 bits per heavy atom. The van der Waals surface area contributed by atoms with Crippen molar-refractivity contribution in [3.63, 3.8) is 0 Å². The highest BCUT2D eigenvalue weighted by molar-refractivity contribution is 7.92. The molecule has 0 aliphatic carbocycles. The molecular formula is C22H18ClNO4S. The molecular weight excluding hydrogens is 410 g/mol. The van der Waals surface area contributed by atoms with Crippen LogP contribution in [0.3, 0.4) is 0 Å². The fourth-order valence-corrected chi connectivity index (χ4v) is 4.24. The second-order valence-electron chi connectivity index (χ2n) is 6.03. The van der Waals surface area contributed by atoms with E-state index in [1.54, 1.807) is 54.6 Å². The number of para-hydroxylation sites is 1. The van der Waals surface area contributed by atoms with E-state index in [4.69, 9.17) is 16.3 Å². The third-order valence-corrected chi connectivity index (χ3v) is 6.06. The smallest absolute Gasteiger partial charge is 0.343 e. The largest absolute Gasteiger partial charge is 0.423 e. The summed E-state index contributed by atoms with van der Waals surface area (Å²) in [6.07, 6.45) is 1.50. The number of hydrogen-bond donors (Lipinski definition) is 0. The van der Waals surface area contributed by atoms with Crippen LogP contribution in [0.25, 0.3) is 0 Å². The number of sulfonamides is 1. The number of ether oxygens (including phenoxy) is 1. The standard InChI is InChI=1S/C22H18ClNO4S/c1-2-15-24(19-8-4-3-5-9-19)29(26,27)21-10-6-7-17(16-21)22(25)28-20-13-11-18(23)12-14-20/h2-14,16H,1,15H2. The lowest BCUT2D eigenvalue weighted by molar-refractivity contribution is 0.0734. The highest BCUT2D eigenvalue weighted by Crippen LogP contribution is 2.24. The fraction of sp³-hybridized carbons (Fsp3) is 0.0455. The van der Waals surface area contributed by atoms with Crippen molar-refractivity contribution >= 4 is 33.3 Å². The quantitative estimate of drug-likeness (QED) is 0.304. The highest BCUT2D eigenvalue weighted by atomic mass is 35.5. The molecule has 7 heteroatoms. The fourth-order valence-electron chi connectivity index (χ4n) is 2.63. The van der Waals surface area contributed by atoms with Gasteiger partial charge >= 0.3 is 5.97 Å². The predicted molar refractivity (Wildman–Crippen MR) is 114 cm³/mol. The summed E-state index contributed by atoms with van der Waals surface area (Å²) in [5.41, 5.74) is 0.620. The number of halogens is 1. The average Bonchev–Trinajstić information content (AvgIpc) is 2.74. The first-order valence-corrected chi connectivity index (χ1v) is 10.5. The van der Waals surface area contributed by atoms with Gasteiger partial charge in [-0.15, -0.1) is 6.58 Å². The summed E-state index contributed by atoms with van der Waals surface area (Å²) in [5.74, 6) is -0.357. The van der Waals surface area contributed by atoms with E-state index in [0.717, 1.165) is 0 Å². The Morgan fingerprint density at radius 3 is 2.34 bits per heavy atom. The molecule has 0 fully saturated rings. The van der Waals surface area contributed by atoms with Gasteiger partial charge in [-0.3, -0.25) is 4.31 Å². The van der Waals surface area contributed by atoms with Crippen molar-refractivity contribution in [3.8, 4) is 5.75 Å². The van der Waals surface area contributed by atoms with E-state index < -0.39 is 16.0 Å². The van der Waals surface area contributed by atoms with Gasteiger partial charge in [0.15, 0.2) is 0 Å². The Labute approximate surface area is 174 Å². The molecule has 0 aliphatic rings. The molecule has 0 atom stereocenters. The van der Waals surface area contributed by atoms with Crippen molar-refractivity contribution < 1.29 is 17.9 Å². The van der Waals surface area contributed by atoms with E-state index in [1.165, 1.54) is 34.6 Å². The summed E-state index contributed by atoms with van der Waals surface area (Å²) in [7, 11) is -3.91. The van der Waals surface area contributed by atoms with Crippen molar-refractivity contribution in [3.05, 3.63) is 102 Å². The van der Waals surface area contributed by atoms with Crippen molar-refractivity contribution in [2.24, 2.45) is 0 Å². The van der Waals surface area contributed by atoms with Crippen LogP contribution in [0.5, 0.6) is 5.75 Å². The number of hydrogen-bond acceptors (Lipinski definition) is 4. The van der Waals surface area contributed by atoms with Crippen LogP contribution in [0.2, 0.25) is 5.02 Å². The average molecular weight is 428 g/mol. The maximum atomic E-state index is 13.2. The Hall–Kier alpha value is -3.09. The second-order valence-corrected chi connectivity index (χ2v) is 8.33. The van der Waals surface area contributed by atoms with Crippen molar-refractivity contribution in [1.29, 1.82) is 0 Å². The maximum Gasteiger partial charge on any atom is 0.343 e. The van der Waals surface area contributed by atoms with Crippen LogP contribution < -0.4 is 9.04 Å². The van der Waals surface area contributed by atoms with Gasteiger partial charge in [0.1, 0.15) is 5.75 Å². The number of benzene rings is 3. The first-order valence-electron chi connectivity index (χ1n) is 8.68. The Bertz CT molecular complexity index is 1110. The van der Waals surface area contributed by atoms with Gasteiger partial charge in [-0.1, -0.05) is 41.9 Å². The van der Waals surface area contributed by atoms with E-state index in [1.807, 2.05) is 0 Å². The lowest BCUT2D eigenvalue weighted by Crippen LogP contribution is -2.31. The molecule has 0 saturated heterocycles. The molecule has 0 radical (unpaired) electrons. The van der Waals surface area contributed by atoms with Crippen molar-refractivity contribution in [2.45, 2.75) is 4.90 Å². The van der Waals surface area contributed by atoms with Crippen molar-refractivity contribution in [2.75, 3.05) is 10.8 Å². The molecule has 0 spiro atoms. The maximum absolute atomic E-state index is 13.2. The molecule has 0 aromatic heterocycles. The third-order valence-electron chi connectivity index (χ3n) is 4.02. The van der Waals surface area contributed by atoms with Crippen LogP contribution in [0.4, 0.5) is 5.69 Å². The minimum Gasteiger partial charge on any atom is -0.423 e. The van der Waals surface area contributed by atoms with Crippen LogP contribution in [-0.4, -0.2) is 20.9 Å². The van der Waals surface area contributed by atoms with Crippen LogP contribution >= 0.6 is 11.6 Å². The molecule has 0 aliphatic heterocycles. The Morgan fingerprint density at radius 2 is 1.69 bits per heavy atom. The summed E-state index contributed by atoms with van der Waals surface area (Å²) >= 11 is 5.82. The molecule has 3 aromatic carbocycles. The predicted octanol–water partition coefficient (Wildman–Crippen LogP) is 4.94. The first-order chi connectivity index (χ1) is 13.9. The van der Waals surface area contributed by atoms with E-state index in [9.17, 15) is 13.2 Å². The summed E-state index contributed by atoms with van der Waals surface area (Å²) in [6.45, 7) is 3.73. The second kappa shape index (κ2) is 8.94. The van der Waals surface area contributed by atoms with Gasteiger partial charge in [-0.2, -0.15) is 0 Å². The lowest BCUT2D eigenvalue weighted by Gasteiger charge is -2.23. The van der Waals surface area contributed by atoms with E-state index in [0.29, 0.717) is 16.5 Å². The molecule has 3 rings (SSSR count). The van der Waals surface area contributed by atoms with Gasteiger partial charge in [0.05, 0.1) is 22.7 Å². The zero-order valence-corrected chi connectivity index (χ0v) is 16.9. The minimum absolute atomic E-state index is 0.0197. The topological polar surface area (TPSA) is 63.7 Å². The van der Waals surface area contributed by atoms with Crippen molar-refractivity contribution in [1.82, 2.24) is 0 Å². The minimum atomic E-state index is -3.91. The van der Waals surface area contributed by atoms with Gasteiger partial charge in [-0.05, 0) is 54.6 Å². The van der Waals surface area contributed by atoms with E-state index in [2.05, 4.69) is 6.58 Å². The summed E-state index contributed by atoms with van der Waals surface area (Å²) in [6, 6.07) is 20.7. The third kappa shape index (κ3) is 4.85. The summed E-state index contributed by atoms with van der Waals surface area (Å²) in [5, 5.41) is 0.515. The molecule has 0 unspecified atom stereocenters. The number of carbonyl (C=O) groups is 1. The zero-order chi connectivity index (χ0) is 20.9. The summed E-state index contributed by atoms with van der Waals surface area (Å²) < 4.78 is 32.9. The summed E-state index contributed by atoms with van der Waals surface area (Å²) in [4.78, 5) is 12.4. The normalized spacial score (nSPS) is 10.9. The molecule has 3 aromatic rings.